The van der Waals surface area contributed by atoms with Crippen molar-refractivity contribution in [2.45, 2.75) is 39.5 Å². The van der Waals surface area contributed by atoms with Gasteiger partial charge >= 0.3 is 11.8 Å². The van der Waals surface area contributed by atoms with Crippen LogP contribution in [-0.2, 0) is 22.6 Å². The van der Waals surface area contributed by atoms with E-state index in [9.17, 15) is 14.9 Å². The van der Waals surface area contributed by atoms with Crippen LogP contribution in [0.15, 0.2) is 85.2 Å². The Morgan fingerprint density at radius 2 is 1.56 bits per heavy atom. The van der Waals surface area contributed by atoms with Crippen LogP contribution in [-0.4, -0.2) is 54.0 Å². The van der Waals surface area contributed by atoms with Crippen LogP contribution < -0.4 is 19.9 Å². The summed E-state index contributed by atoms with van der Waals surface area (Å²) < 4.78 is 16.5. The van der Waals surface area contributed by atoms with Crippen LogP contribution in [0.4, 0.5) is 33.5 Å². The topological polar surface area (TPSA) is 132 Å². The van der Waals surface area contributed by atoms with Gasteiger partial charge in [0.1, 0.15) is 24.3 Å². The SMILES string of the molecule is COCCOc1cc(Nc2ncnc(N(Cc3ccccc3)Cc3ccccc3)c2[N+](=O)[O-])cc(N(C)C(=O)OC(C)(C)C)c1. The van der Waals surface area contributed by atoms with Gasteiger partial charge in [0.2, 0.25) is 11.6 Å². The molecule has 45 heavy (non-hydrogen) atoms. The number of hydrogen-bond donors (Lipinski definition) is 1. The molecule has 0 aliphatic heterocycles. The fraction of sp³-hybridized carbons (Fsp3) is 0.303. The molecule has 0 aliphatic carbocycles. The van der Waals surface area contributed by atoms with Crippen LogP contribution >= 0.6 is 0 Å². The number of ether oxygens (including phenoxy) is 3. The number of nitro groups is 1. The van der Waals surface area contributed by atoms with Gasteiger partial charge in [0.25, 0.3) is 0 Å². The lowest BCUT2D eigenvalue weighted by atomic mass is 10.1. The normalized spacial score (nSPS) is 11.0. The van der Waals surface area contributed by atoms with Gasteiger partial charge < -0.3 is 24.4 Å². The second-order valence-corrected chi connectivity index (χ2v) is 11.2. The first kappa shape index (κ1) is 32.7. The Morgan fingerprint density at radius 3 is 2.11 bits per heavy atom. The molecule has 4 rings (SSSR count). The molecule has 0 aliphatic rings. The smallest absolute Gasteiger partial charge is 0.414 e. The van der Waals surface area contributed by atoms with Gasteiger partial charge in [-0.15, -0.1) is 0 Å². The van der Waals surface area contributed by atoms with Crippen molar-refractivity contribution in [3.8, 4) is 5.75 Å². The molecule has 0 spiro atoms. The van der Waals surface area contributed by atoms with Gasteiger partial charge in [0.15, 0.2) is 0 Å². The molecule has 0 fully saturated rings. The highest BCUT2D eigenvalue weighted by molar-refractivity contribution is 5.89. The molecule has 12 heteroatoms. The summed E-state index contributed by atoms with van der Waals surface area (Å²) in [6, 6.07) is 24.4. The van der Waals surface area contributed by atoms with Gasteiger partial charge in [0.05, 0.1) is 17.2 Å². The molecule has 1 heterocycles. The van der Waals surface area contributed by atoms with Crippen LogP contribution in [0.3, 0.4) is 0 Å². The zero-order valence-electron chi connectivity index (χ0n) is 26.1. The first-order chi connectivity index (χ1) is 21.5. The van der Waals surface area contributed by atoms with Crippen molar-refractivity contribution in [3.63, 3.8) is 0 Å². The molecule has 4 aromatic rings. The molecule has 236 valence electrons. The first-order valence-corrected chi connectivity index (χ1v) is 14.4. The Morgan fingerprint density at radius 1 is 0.933 bits per heavy atom. The molecule has 0 unspecified atom stereocenters. The Balaban J connectivity index is 1.74. The fourth-order valence-electron chi connectivity index (χ4n) is 4.42. The molecule has 1 amide bonds. The van der Waals surface area contributed by atoms with E-state index in [-0.39, 0.29) is 23.9 Å². The third kappa shape index (κ3) is 9.38. The molecular weight excluding hydrogens is 576 g/mol. The predicted octanol–water partition coefficient (Wildman–Crippen LogP) is 6.73. The molecule has 0 saturated carbocycles. The summed E-state index contributed by atoms with van der Waals surface area (Å²) in [7, 11) is 3.14. The number of aromatic nitrogens is 2. The van der Waals surface area contributed by atoms with Gasteiger partial charge in [-0.2, -0.15) is 0 Å². The van der Waals surface area contributed by atoms with Crippen LogP contribution in [0, 0.1) is 10.1 Å². The molecule has 0 bridgehead atoms. The summed E-state index contributed by atoms with van der Waals surface area (Å²) >= 11 is 0. The number of nitrogens with zero attached hydrogens (tertiary/aromatic N) is 5. The van der Waals surface area contributed by atoms with Gasteiger partial charge in [-0.3, -0.25) is 15.0 Å². The van der Waals surface area contributed by atoms with Crippen molar-refractivity contribution in [1.29, 1.82) is 0 Å². The van der Waals surface area contributed by atoms with Crippen LogP contribution in [0.25, 0.3) is 0 Å². The highest BCUT2D eigenvalue weighted by Gasteiger charge is 2.28. The largest absolute Gasteiger partial charge is 0.491 e. The van der Waals surface area contributed by atoms with Crippen LogP contribution in [0.5, 0.6) is 5.75 Å². The average Bonchev–Trinajstić information content (AvgIpc) is 3.00. The Labute approximate surface area is 262 Å². The highest BCUT2D eigenvalue weighted by Crippen LogP contribution is 2.37. The van der Waals surface area contributed by atoms with Crippen molar-refractivity contribution in [2.75, 3.05) is 42.5 Å². The van der Waals surface area contributed by atoms with E-state index in [4.69, 9.17) is 14.2 Å². The number of benzene rings is 3. The van der Waals surface area contributed by atoms with Crippen molar-refractivity contribution < 1.29 is 23.9 Å². The maximum absolute atomic E-state index is 12.9. The molecule has 0 atom stereocenters. The summed E-state index contributed by atoms with van der Waals surface area (Å²) in [4.78, 5) is 36.8. The fourth-order valence-corrected chi connectivity index (χ4v) is 4.42. The van der Waals surface area contributed by atoms with E-state index in [0.29, 0.717) is 36.8 Å². The van der Waals surface area contributed by atoms with Crippen molar-refractivity contribution in [1.82, 2.24) is 9.97 Å². The Bertz CT molecular complexity index is 1540. The van der Waals surface area contributed by atoms with E-state index in [1.807, 2.05) is 65.6 Å². The van der Waals surface area contributed by atoms with Crippen molar-refractivity contribution >= 4 is 34.8 Å². The summed E-state index contributed by atoms with van der Waals surface area (Å²) in [6.45, 7) is 6.68. The van der Waals surface area contributed by atoms with E-state index < -0.39 is 16.6 Å². The maximum Gasteiger partial charge on any atom is 0.414 e. The maximum atomic E-state index is 12.9. The number of rotatable bonds is 13. The van der Waals surface area contributed by atoms with E-state index in [0.717, 1.165) is 11.1 Å². The first-order valence-electron chi connectivity index (χ1n) is 14.4. The number of anilines is 4. The Kier molecular flexibility index (Phi) is 10.9. The van der Waals surface area contributed by atoms with E-state index in [1.54, 1.807) is 53.1 Å². The summed E-state index contributed by atoms with van der Waals surface area (Å²) in [5, 5.41) is 15.7. The number of nitrogens with one attached hydrogen (secondary N) is 1. The second kappa shape index (κ2) is 15.0. The molecule has 0 radical (unpaired) electrons. The standard InChI is InChI=1S/C33H38N6O6/c1-33(2,3)45-32(40)37(4)27-18-26(19-28(20-27)44-17-16-43-5)36-30-29(39(41)42)31(35-23-34-30)38(21-24-12-8-6-9-13-24)22-25-14-10-7-11-15-25/h6-15,18-20,23H,16-17,21-22H2,1-5H3,(H,34,35,36). The van der Waals surface area contributed by atoms with Crippen molar-refractivity contribution in [3.05, 3.63) is 106 Å². The van der Waals surface area contributed by atoms with E-state index in [2.05, 4.69) is 15.3 Å². The second-order valence-electron chi connectivity index (χ2n) is 11.2. The molecule has 3 aromatic carbocycles. The minimum absolute atomic E-state index is 0.0176. The van der Waals surface area contributed by atoms with Gasteiger partial charge in [0, 0.05) is 45.1 Å². The molecule has 1 N–H and O–H groups in total. The third-order valence-electron chi connectivity index (χ3n) is 6.48. The Hall–Kier alpha value is -5.23. The van der Waals surface area contributed by atoms with Gasteiger partial charge in [-0.05, 0) is 38.0 Å². The lowest BCUT2D eigenvalue weighted by Crippen LogP contribution is -2.34. The number of methoxy groups -OCH3 is 1. The van der Waals surface area contributed by atoms with Gasteiger partial charge in [-0.1, -0.05) is 60.7 Å². The van der Waals surface area contributed by atoms with Crippen molar-refractivity contribution in [2.24, 2.45) is 0 Å². The summed E-state index contributed by atoms with van der Waals surface area (Å²) in [6.07, 6.45) is 0.718. The molecular formula is C33H38N6O6. The third-order valence-corrected chi connectivity index (χ3v) is 6.48. The zero-order chi connectivity index (χ0) is 32.4. The quantitative estimate of drug-likeness (QED) is 0.0982. The lowest BCUT2D eigenvalue weighted by molar-refractivity contribution is -0.383. The zero-order valence-corrected chi connectivity index (χ0v) is 26.1. The minimum atomic E-state index is -0.706. The lowest BCUT2D eigenvalue weighted by Gasteiger charge is -2.25. The molecule has 0 saturated heterocycles. The number of hydrogen-bond acceptors (Lipinski definition) is 10. The molecule has 12 nitrogen and oxygen atoms in total. The average molecular weight is 615 g/mol. The minimum Gasteiger partial charge on any atom is -0.491 e. The molecule has 1 aromatic heterocycles. The predicted molar refractivity (Wildman–Crippen MR) is 173 cm³/mol. The number of amides is 1. The highest BCUT2D eigenvalue weighted by atomic mass is 16.6. The van der Waals surface area contributed by atoms with Crippen LogP contribution in [0.2, 0.25) is 0 Å². The van der Waals surface area contributed by atoms with E-state index >= 15 is 0 Å². The summed E-state index contributed by atoms with van der Waals surface area (Å²) in [5.74, 6) is 0.550. The van der Waals surface area contributed by atoms with Crippen LogP contribution in [0.1, 0.15) is 31.9 Å². The van der Waals surface area contributed by atoms with E-state index in [1.165, 1.54) is 11.2 Å². The number of carbonyl (C=O) groups excluding carboxylic acids is 1. The van der Waals surface area contributed by atoms with Gasteiger partial charge in [-0.25, -0.2) is 14.8 Å². The monoisotopic (exact) mass is 614 g/mol. The number of carbonyl (C=O) groups is 1. The summed E-state index contributed by atoms with van der Waals surface area (Å²) in [5.41, 5.74) is 1.77.